The number of methoxy groups -OCH3 is 1. The molecule has 1 aliphatic rings. The van der Waals surface area contributed by atoms with Crippen LogP contribution in [0.15, 0.2) is 0 Å². The number of rotatable bonds is 2. The van der Waals surface area contributed by atoms with Gasteiger partial charge in [0.25, 0.3) is 0 Å². The van der Waals surface area contributed by atoms with Crippen LogP contribution in [0.25, 0.3) is 0 Å². The van der Waals surface area contributed by atoms with E-state index in [2.05, 4.69) is 0 Å². The molecule has 0 saturated carbocycles. The fraction of sp³-hybridized carbons (Fsp3) is 1.00. The third kappa shape index (κ3) is 1.75. The summed E-state index contributed by atoms with van der Waals surface area (Å²) in [5, 5.41) is 27.5. The van der Waals surface area contributed by atoms with Crippen LogP contribution in [0.3, 0.4) is 0 Å². The molecule has 0 bridgehead atoms. The first-order chi connectivity index (χ1) is 5.70. The molecule has 0 aromatic rings. The van der Waals surface area contributed by atoms with Gasteiger partial charge >= 0.3 is 0 Å². The van der Waals surface area contributed by atoms with Crippen LogP contribution in [0.4, 0.5) is 0 Å². The topological polar surface area (TPSA) is 79.2 Å². The summed E-state index contributed by atoms with van der Waals surface area (Å²) in [4.78, 5) is 0. The van der Waals surface area contributed by atoms with Gasteiger partial charge in [-0.2, -0.15) is 0 Å². The molecule has 0 amide bonds. The van der Waals surface area contributed by atoms with E-state index in [1.165, 1.54) is 7.11 Å². The molecule has 0 aliphatic carbocycles. The summed E-state index contributed by atoms with van der Waals surface area (Å²) in [6, 6.07) is 0. The van der Waals surface area contributed by atoms with Gasteiger partial charge in [0.05, 0.1) is 19.3 Å². The minimum Gasteiger partial charge on any atom is -0.396 e. The number of aliphatic hydroxyl groups is 3. The van der Waals surface area contributed by atoms with Crippen molar-refractivity contribution in [1.29, 1.82) is 0 Å². The quantitative estimate of drug-likeness (QED) is 0.470. The summed E-state index contributed by atoms with van der Waals surface area (Å²) in [5.41, 5.74) is 0. The molecule has 0 unspecified atom stereocenters. The average molecular weight is 178 g/mol. The van der Waals surface area contributed by atoms with E-state index in [0.29, 0.717) is 0 Å². The fourth-order valence-electron chi connectivity index (χ4n) is 1.28. The van der Waals surface area contributed by atoms with Crippen molar-refractivity contribution in [3.05, 3.63) is 0 Å². The Labute approximate surface area is 70.5 Å². The maximum absolute atomic E-state index is 9.43. The second-order valence-corrected chi connectivity index (χ2v) is 2.84. The Morgan fingerprint density at radius 1 is 1.50 bits per heavy atom. The summed E-state index contributed by atoms with van der Waals surface area (Å²) in [7, 11) is 1.40. The highest BCUT2D eigenvalue weighted by Gasteiger charge is 2.38. The molecule has 1 aliphatic heterocycles. The molecule has 4 atom stereocenters. The van der Waals surface area contributed by atoms with Crippen LogP contribution in [0.1, 0.15) is 0 Å². The Morgan fingerprint density at radius 2 is 2.17 bits per heavy atom. The lowest BCUT2D eigenvalue weighted by molar-refractivity contribution is -0.251. The second-order valence-electron chi connectivity index (χ2n) is 2.84. The van der Waals surface area contributed by atoms with E-state index in [4.69, 9.17) is 14.6 Å². The SMILES string of the molecule is CO[C@@H]1OC[C@@H](O)[C@H](CO)[C@H]1O. The maximum atomic E-state index is 9.43. The molecule has 12 heavy (non-hydrogen) atoms. The highest BCUT2D eigenvalue weighted by atomic mass is 16.7. The molecular formula is C7H14O5. The van der Waals surface area contributed by atoms with Crippen LogP contribution in [0.2, 0.25) is 0 Å². The van der Waals surface area contributed by atoms with Gasteiger partial charge in [-0.1, -0.05) is 0 Å². The molecule has 0 aromatic carbocycles. The van der Waals surface area contributed by atoms with Crippen molar-refractivity contribution in [2.24, 2.45) is 5.92 Å². The van der Waals surface area contributed by atoms with Gasteiger partial charge < -0.3 is 24.8 Å². The molecule has 1 rings (SSSR count). The molecule has 1 fully saturated rings. The predicted octanol–water partition coefficient (Wildman–Crippen LogP) is -1.68. The average Bonchev–Trinajstić information content (AvgIpc) is 2.06. The Bertz CT molecular complexity index is 140. The van der Waals surface area contributed by atoms with Gasteiger partial charge in [0.2, 0.25) is 0 Å². The molecule has 72 valence electrons. The molecule has 3 N–H and O–H groups in total. The monoisotopic (exact) mass is 178 g/mol. The first-order valence-corrected chi connectivity index (χ1v) is 3.82. The minimum atomic E-state index is -0.969. The van der Waals surface area contributed by atoms with Crippen molar-refractivity contribution in [3.63, 3.8) is 0 Å². The van der Waals surface area contributed by atoms with Crippen molar-refractivity contribution in [2.45, 2.75) is 18.5 Å². The normalized spacial score (nSPS) is 43.0. The zero-order valence-corrected chi connectivity index (χ0v) is 6.88. The number of hydrogen-bond donors (Lipinski definition) is 3. The highest BCUT2D eigenvalue weighted by Crippen LogP contribution is 2.21. The van der Waals surface area contributed by atoms with Gasteiger partial charge in [-0.25, -0.2) is 0 Å². The largest absolute Gasteiger partial charge is 0.396 e. The first-order valence-electron chi connectivity index (χ1n) is 3.82. The van der Waals surface area contributed by atoms with Gasteiger partial charge in [-0.3, -0.25) is 0 Å². The van der Waals surface area contributed by atoms with Crippen molar-refractivity contribution in [2.75, 3.05) is 20.3 Å². The third-order valence-electron chi connectivity index (χ3n) is 2.09. The van der Waals surface area contributed by atoms with Crippen molar-refractivity contribution in [1.82, 2.24) is 0 Å². The summed E-state index contributed by atoms with van der Waals surface area (Å²) >= 11 is 0. The molecule has 1 saturated heterocycles. The van der Waals surface area contributed by atoms with Gasteiger partial charge in [0, 0.05) is 13.0 Å². The smallest absolute Gasteiger partial charge is 0.183 e. The van der Waals surface area contributed by atoms with E-state index in [0.717, 1.165) is 0 Å². The molecule has 5 nitrogen and oxygen atoms in total. The maximum Gasteiger partial charge on any atom is 0.183 e. The zero-order chi connectivity index (χ0) is 9.14. The number of aliphatic hydroxyl groups excluding tert-OH is 3. The van der Waals surface area contributed by atoms with Gasteiger partial charge in [0.1, 0.15) is 6.10 Å². The first kappa shape index (κ1) is 9.88. The van der Waals surface area contributed by atoms with Crippen LogP contribution < -0.4 is 0 Å². The van der Waals surface area contributed by atoms with Gasteiger partial charge in [-0.15, -0.1) is 0 Å². The van der Waals surface area contributed by atoms with E-state index in [1.54, 1.807) is 0 Å². The van der Waals surface area contributed by atoms with Crippen molar-refractivity contribution in [3.8, 4) is 0 Å². The van der Waals surface area contributed by atoms with Crippen molar-refractivity contribution >= 4 is 0 Å². The molecular weight excluding hydrogens is 164 g/mol. The predicted molar refractivity (Wildman–Crippen MR) is 39.3 cm³/mol. The third-order valence-corrected chi connectivity index (χ3v) is 2.09. The molecule has 0 aromatic heterocycles. The fourth-order valence-corrected chi connectivity index (χ4v) is 1.28. The standard InChI is InChI=1S/C7H14O5/c1-11-7-6(10)4(2-8)5(9)3-12-7/h4-10H,2-3H2,1H3/t4-,5+,6+,7+/m0/s1. The van der Waals surface area contributed by atoms with Crippen LogP contribution in [-0.4, -0.2) is 54.1 Å². The summed E-state index contributed by atoms with van der Waals surface area (Å²) in [5.74, 6) is -0.580. The summed E-state index contributed by atoms with van der Waals surface area (Å²) < 4.78 is 9.74. The second kappa shape index (κ2) is 4.15. The highest BCUT2D eigenvalue weighted by molar-refractivity contribution is 4.82. The van der Waals surface area contributed by atoms with E-state index in [9.17, 15) is 10.2 Å². The van der Waals surface area contributed by atoms with E-state index in [1.807, 2.05) is 0 Å². The molecule has 0 spiro atoms. The van der Waals surface area contributed by atoms with E-state index < -0.39 is 24.4 Å². The summed E-state index contributed by atoms with van der Waals surface area (Å²) in [6.07, 6.45) is -2.54. The summed E-state index contributed by atoms with van der Waals surface area (Å²) in [6.45, 7) is -0.188. The molecule has 0 radical (unpaired) electrons. The van der Waals surface area contributed by atoms with Gasteiger partial charge in [0.15, 0.2) is 6.29 Å². The Kier molecular flexibility index (Phi) is 3.42. The zero-order valence-electron chi connectivity index (χ0n) is 6.88. The Hall–Kier alpha value is -0.200. The van der Waals surface area contributed by atoms with Crippen LogP contribution in [0, 0.1) is 5.92 Å². The van der Waals surface area contributed by atoms with Crippen LogP contribution in [-0.2, 0) is 9.47 Å². The molecule has 5 heteroatoms. The minimum absolute atomic E-state index is 0.0841. The number of ether oxygens (including phenoxy) is 2. The van der Waals surface area contributed by atoms with Gasteiger partial charge in [-0.05, 0) is 0 Å². The lowest BCUT2D eigenvalue weighted by atomic mass is 9.94. The van der Waals surface area contributed by atoms with Crippen LogP contribution >= 0.6 is 0 Å². The van der Waals surface area contributed by atoms with Crippen LogP contribution in [0.5, 0.6) is 0 Å². The lowest BCUT2D eigenvalue weighted by Gasteiger charge is -2.36. The van der Waals surface area contributed by atoms with Crippen molar-refractivity contribution < 1.29 is 24.8 Å². The number of hydrogen-bond acceptors (Lipinski definition) is 5. The lowest BCUT2D eigenvalue weighted by Crippen LogP contribution is -2.51. The Morgan fingerprint density at radius 3 is 2.67 bits per heavy atom. The van der Waals surface area contributed by atoms with E-state index in [-0.39, 0.29) is 13.2 Å². The van der Waals surface area contributed by atoms with E-state index >= 15 is 0 Å². The Balaban J connectivity index is 2.56. The molecule has 1 heterocycles.